The molecule has 3 aromatic carbocycles. The minimum atomic E-state index is -0.829. The Morgan fingerprint density at radius 1 is 1.00 bits per heavy atom. The van der Waals surface area contributed by atoms with Crippen LogP contribution in [0.3, 0.4) is 0 Å². The van der Waals surface area contributed by atoms with Crippen LogP contribution in [0.5, 0.6) is 5.75 Å². The molecule has 0 spiro atoms. The number of phenols is 1. The van der Waals surface area contributed by atoms with Gasteiger partial charge in [0.1, 0.15) is 5.82 Å². The van der Waals surface area contributed by atoms with Gasteiger partial charge in [0, 0.05) is 28.9 Å². The smallest absolute Gasteiger partial charge is 0.311 e. The summed E-state index contributed by atoms with van der Waals surface area (Å²) in [6, 6.07) is 16.9. The molecule has 4 N–H and O–H groups in total. The van der Waals surface area contributed by atoms with Crippen molar-refractivity contribution >= 4 is 23.2 Å². The van der Waals surface area contributed by atoms with Gasteiger partial charge in [-0.2, -0.15) is 0 Å². The first-order chi connectivity index (χ1) is 18.1. The molecule has 1 heterocycles. The Kier molecular flexibility index (Phi) is 7.38. The molecule has 1 aromatic heterocycles. The van der Waals surface area contributed by atoms with Gasteiger partial charge in [-0.3, -0.25) is 30.6 Å². The van der Waals surface area contributed by atoms with Crippen LogP contribution in [0.1, 0.15) is 45.0 Å². The van der Waals surface area contributed by atoms with E-state index in [4.69, 9.17) is 4.42 Å². The number of carbonyl (C=O) groups excluding carboxylic acids is 2. The fraction of sp³-hybridized carbons (Fsp3) is 0.111. The van der Waals surface area contributed by atoms with E-state index in [2.05, 4.69) is 16.2 Å². The SMILES string of the molecule is Cc1ccc(NC(C)c2ccc(-c3ccoc3C(=O)NNC(=O)c3ccc(O)c([N+](=O)[O-])c3)cc2)cc1F. The number of phenolic OH excluding ortho intramolecular Hbond substituents is 1. The van der Waals surface area contributed by atoms with Crippen molar-refractivity contribution in [2.45, 2.75) is 19.9 Å². The number of anilines is 1. The lowest BCUT2D eigenvalue weighted by atomic mass is 10.0. The fourth-order valence-corrected chi connectivity index (χ4v) is 3.73. The van der Waals surface area contributed by atoms with Crippen LogP contribution in [0.15, 0.2) is 77.4 Å². The van der Waals surface area contributed by atoms with Gasteiger partial charge in [0.05, 0.1) is 11.2 Å². The monoisotopic (exact) mass is 518 g/mol. The highest BCUT2D eigenvalue weighted by Crippen LogP contribution is 2.28. The number of nitrogens with one attached hydrogen (secondary N) is 3. The molecule has 0 radical (unpaired) electrons. The summed E-state index contributed by atoms with van der Waals surface area (Å²) in [5.74, 6) is -2.50. The Bertz CT molecular complexity index is 1520. The molecule has 0 aliphatic rings. The Morgan fingerprint density at radius 3 is 2.39 bits per heavy atom. The van der Waals surface area contributed by atoms with Gasteiger partial charge in [-0.05, 0) is 60.9 Å². The van der Waals surface area contributed by atoms with Gasteiger partial charge in [-0.1, -0.05) is 30.3 Å². The van der Waals surface area contributed by atoms with Crippen LogP contribution in [0.25, 0.3) is 11.1 Å². The molecule has 4 rings (SSSR count). The lowest BCUT2D eigenvalue weighted by Crippen LogP contribution is -2.41. The summed E-state index contributed by atoms with van der Waals surface area (Å²) in [7, 11) is 0. The summed E-state index contributed by atoms with van der Waals surface area (Å²) in [6.45, 7) is 3.64. The van der Waals surface area contributed by atoms with Gasteiger partial charge in [0.25, 0.3) is 5.91 Å². The molecule has 38 heavy (non-hydrogen) atoms. The van der Waals surface area contributed by atoms with E-state index in [0.29, 0.717) is 22.4 Å². The molecule has 0 bridgehead atoms. The van der Waals surface area contributed by atoms with Crippen molar-refractivity contribution in [3.05, 3.63) is 111 Å². The van der Waals surface area contributed by atoms with E-state index in [0.717, 1.165) is 17.7 Å². The van der Waals surface area contributed by atoms with Crippen molar-refractivity contribution < 1.29 is 28.4 Å². The number of aryl methyl sites for hydroxylation is 1. The highest BCUT2D eigenvalue weighted by atomic mass is 19.1. The molecule has 0 saturated heterocycles. The summed E-state index contributed by atoms with van der Waals surface area (Å²) in [6.07, 6.45) is 1.33. The quantitative estimate of drug-likeness (QED) is 0.193. The molecule has 4 aromatic rings. The van der Waals surface area contributed by atoms with Gasteiger partial charge < -0.3 is 14.8 Å². The number of carbonyl (C=O) groups is 2. The van der Waals surface area contributed by atoms with Crippen LogP contribution in [0.2, 0.25) is 0 Å². The summed E-state index contributed by atoms with van der Waals surface area (Å²) < 4.78 is 19.2. The van der Waals surface area contributed by atoms with E-state index in [1.54, 1.807) is 37.3 Å². The zero-order chi connectivity index (χ0) is 27.4. The largest absolute Gasteiger partial charge is 0.502 e. The second kappa shape index (κ2) is 10.8. The summed E-state index contributed by atoms with van der Waals surface area (Å²) in [5, 5.41) is 23.7. The molecule has 0 fully saturated rings. The number of hydrogen-bond donors (Lipinski definition) is 4. The molecule has 194 valence electrons. The Hall–Kier alpha value is -5.19. The van der Waals surface area contributed by atoms with Crippen molar-refractivity contribution in [1.82, 2.24) is 10.9 Å². The zero-order valence-electron chi connectivity index (χ0n) is 20.3. The molecule has 2 amide bonds. The minimum Gasteiger partial charge on any atom is -0.502 e. The normalized spacial score (nSPS) is 11.4. The van der Waals surface area contributed by atoms with Gasteiger partial charge >= 0.3 is 11.6 Å². The number of halogens is 1. The topological polar surface area (TPSA) is 147 Å². The molecule has 0 aliphatic carbocycles. The summed E-state index contributed by atoms with van der Waals surface area (Å²) in [5.41, 5.74) is 6.92. The first kappa shape index (κ1) is 25.9. The number of furan rings is 1. The maximum Gasteiger partial charge on any atom is 0.311 e. The van der Waals surface area contributed by atoms with Crippen molar-refractivity contribution in [2.75, 3.05) is 5.32 Å². The number of amides is 2. The maximum absolute atomic E-state index is 13.9. The summed E-state index contributed by atoms with van der Waals surface area (Å²) in [4.78, 5) is 35.2. The molecule has 10 nitrogen and oxygen atoms in total. The van der Waals surface area contributed by atoms with E-state index in [1.807, 2.05) is 19.1 Å². The van der Waals surface area contributed by atoms with Crippen molar-refractivity contribution in [2.24, 2.45) is 0 Å². The lowest BCUT2D eigenvalue weighted by Gasteiger charge is -2.16. The summed E-state index contributed by atoms with van der Waals surface area (Å²) >= 11 is 0. The second-order valence-electron chi connectivity index (χ2n) is 8.48. The standard InChI is InChI=1S/C27H23FN4O6/c1-15-3-9-20(14-22(15)28)29-16(2)17-4-6-18(7-5-17)21-11-12-38-25(21)27(35)31-30-26(34)19-8-10-24(33)23(13-19)32(36)37/h3-14,16,29,33H,1-2H3,(H,30,34)(H,31,35). The third kappa shape index (κ3) is 5.62. The highest BCUT2D eigenvalue weighted by Gasteiger charge is 2.20. The lowest BCUT2D eigenvalue weighted by molar-refractivity contribution is -0.385. The number of hydrazine groups is 1. The average molecular weight is 519 g/mol. The number of nitro groups is 1. The molecule has 0 aliphatic heterocycles. The Balaban J connectivity index is 1.42. The molecular weight excluding hydrogens is 495 g/mol. The minimum absolute atomic E-state index is 0.0592. The van der Waals surface area contributed by atoms with Gasteiger partial charge in [0.2, 0.25) is 5.76 Å². The van der Waals surface area contributed by atoms with Crippen LogP contribution in [-0.2, 0) is 0 Å². The van der Waals surface area contributed by atoms with E-state index < -0.39 is 28.2 Å². The molecule has 11 heteroatoms. The number of hydrogen-bond acceptors (Lipinski definition) is 7. The number of aromatic hydroxyl groups is 1. The van der Waals surface area contributed by atoms with E-state index in [-0.39, 0.29) is 23.2 Å². The molecule has 1 atom stereocenters. The van der Waals surface area contributed by atoms with Crippen LogP contribution < -0.4 is 16.2 Å². The molecule has 1 unspecified atom stereocenters. The third-order valence-electron chi connectivity index (χ3n) is 5.87. The predicted molar refractivity (Wildman–Crippen MR) is 137 cm³/mol. The first-order valence-electron chi connectivity index (χ1n) is 11.4. The molecular formula is C27H23FN4O6. The highest BCUT2D eigenvalue weighted by molar-refractivity contribution is 6.01. The van der Waals surface area contributed by atoms with Crippen LogP contribution in [0, 0.1) is 22.9 Å². The Morgan fingerprint density at radius 2 is 1.71 bits per heavy atom. The van der Waals surface area contributed by atoms with Gasteiger partial charge in [-0.25, -0.2) is 4.39 Å². The van der Waals surface area contributed by atoms with Crippen molar-refractivity contribution in [3.8, 4) is 16.9 Å². The van der Waals surface area contributed by atoms with E-state index in [1.165, 1.54) is 18.4 Å². The van der Waals surface area contributed by atoms with Crippen molar-refractivity contribution in [3.63, 3.8) is 0 Å². The number of nitro benzene ring substituents is 1. The predicted octanol–water partition coefficient (Wildman–Crippen LogP) is 5.26. The van der Waals surface area contributed by atoms with Gasteiger partial charge in [0.15, 0.2) is 5.75 Å². The Labute approximate surface area is 216 Å². The molecule has 0 saturated carbocycles. The van der Waals surface area contributed by atoms with E-state index in [9.17, 15) is 29.2 Å². The first-order valence-corrected chi connectivity index (χ1v) is 11.4. The van der Waals surface area contributed by atoms with Crippen molar-refractivity contribution in [1.29, 1.82) is 0 Å². The number of nitrogens with zero attached hydrogens (tertiary/aromatic N) is 1. The van der Waals surface area contributed by atoms with Crippen LogP contribution in [-0.4, -0.2) is 21.8 Å². The number of benzene rings is 3. The average Bonchev–Trinajstić information content (AvgIpc) is 3.39. The zero-order valence-corrected chi connectivity index (χ0v) is 20.3. The number of rotatable bonds is 7. The van der Waals surface area contributed by atoms with Crippen LogP contribution >= 0.6 is 0 Å². The van der Waals surface area contributed by atoms with E-state index >= 15 is 0 Å². The fourth-order valence-electron chi connectivity index (χ4n) is 3.73. The van der Waals surface area contributed by atoms with Gasteiger partial charge in [-0.15, -0.1) is 0 Å². The van der Waals surface area contributed by atoms with Crippen LogP contribution in [0.4, 0.5) is 15.8 Å². The second-order valence-corrected chi connectivity index (χ2v) is 8.48. The third-order valence-corrected chi connectivity index (χ3v) is 5.87. The maximum atomic E-state index is 13.9.